The van der Waals surface area contributed by atoms with E-state index in [2.05, 4.69) is 31.5 Å². The first kappa shape index (κ1) is 21.4. The van der Waals surface area contributed by atoms with E-state index < -0.39 is 0 Å². The van der Waals surface area contributed by atoms with E-state index in [0.717, 1.165) is 60.6 Å². The van der Waals surface area contributed by atoms with E-state index in [4.69, 9.17) is 14.6 Å². The van der Waals surface area contributed by atoms with Crippen molar-refractivity contribution in [1.29, 1.82) is 0 Å². The maximum absolute atomic E-state index is 12.0. The fourth-order valence-electron chi connectivity index (χ4n) is 4.18. The Kier molecular flexibility index (Phi) is 6.80. The third kappa shape index (κ3) is 4.58. The molecule has 2 aromatic rings. The molecule has 2 aliphatic heterocycles. The number of benzene rings is 1. The minimum Gasteiger partial charge on any atom is -0.373 e. The maximum atomic E-state index is 12.0. The smallest absolute Gasteiger partial charge is 0.227 e. The lowest BCUT2D eigenvalue weighted by Gasteiger charge is -2.26. The van der Waals surface area contributed by atoms with Gasteiger partial charge in [0.15, 0.2) is 0 Å². The van der Waals surface area contributed by atoms with E-state index >= 15 is 0 Å². The number of carbonyl (C=O) groups excluding carboxylic acids is 1. The van der Waals surface area contributed by atoms with Gasteiger partial charge in [-0.05, 0) is 56.6 Å². The molecule has 4 rings (SSSR count). The van der Waals surface area contributed by atoms with Gasteiger partial charge in [-0.2, -0.15) is 16.9 Å². The van der Waals surface area contributed by atoms with Crippen molar-refractivity contribution < 1.29 is 14.3 Å². The number of aryl methyl sites for hydroxylation is 1. The Hall–Kier alpha value is -1.83. The number of rotatable bonds is 7. The van der Waals surface area contributed by atoms with Gasteiger partial charge in [0.25, 0.3) is 0 Å². The number of hydrogen-bond acceptors (Lipinski definition) is 5. The van der Waals surface area contributed by atoms with Crippen LogP contribution in [0, 0.1) is 0 Å². The van der Waals surface area contributed by atoms with Crippen LogP contribution in [0.15, 0.2) is 24.4 Å². The Morgan fingerprint density at radius 3 is 2.97 bits per heavy atom. The SMILES string of the molecule is CSCC(C)OCc1cn(C2CCCCO2)nc1-c1ccc2c(c1)CCC(=O)N2C. The van der Waals surface area contributed by atoms with Crippen molar-refractivity contribution in [2.24, 2.45) is 0 Å². The van der Waals surface area contributed by atoms with Crippen molar-refractivity contribution in [2.45, 2.75) is 58.0 Å². The van der Waals surface area contributed by atoms with Crippen LogP contribution < -0.4 is 4.90 Å². The van der Waals surface area contributed by atoms with E-state index in [1.807, 2.05) is 17.8 Å². The molecule has 1 aromatic carbocycles. The van der Waals surface area contributed by atoms with Gasteiger partial charge in [-0.3, -0.25) is 4.79 Å². The van der Waals surface area contributed by atoms with Crippen molar-refractivity contribution >= 4 is 23.4 Å². The summed E-state index contributed by atoms with van der Waals surface area (Å²) in [5.74, 6) is 1.14. The zero-order valence-electron chi connectivity index (χ0n) is 18.1. The molecule has 0 spiro atoms. The Balaban J connectivity index is 1.65. The highest BCUT2D eigenvalue weighted by Gasteiger charge is 2.24. The number of amides is 1. The number of thioether (sulfide) groups is 1. The molecule has 0 bridgehead atoms. The molecule has 1 aromatic heterocycles. The third-order valence-electron chi connectivity index (χ3n) is 5.88. The van der Waals surface area contributed by atoms with Gasteiger partial charge in [0.2, 0.25) is 5.91 Å². The molecular weight excluding hydrogens is 398 g/mol. The molecular formula is C23H31N3O3S. The Morgan fingerprint density at radius 1 is 1.33 bits per heavy atom. The van der Waals surface area contributed by atoms with Gasteiger partial charge in [0.05, 0.1) is 18.4 Å². The number of ether oxygens (including phenoxy) is 2. The lowest BCUT2D eigenvalue weighted by atomic mass is 9.97. The highest BCUT2D eigenvalue weighted by Crippen LogP contribution is 2.33. The number of anilines is 1. The van der Waals surface area contributed by atoms with Crippen LogP contribution in [-0.4, -0.2) is 47.5 Å². The van der Waals surface area contributed by atoms with Gasteiger partial charge in [-0.15, -0.1) is 0 Å². The number of fused-ring (bicyclic) bond motifs is 1. The molecule has 3 heterocycles. The van der Waals surface area contributed by atoms with Crippen molar-refractivity contribution in [3.05, 3.63) is 35.5 Å². The van der Waals surface area contributed by atoms with Crippen LogP contribution >= 0.6 is 11.8 Å². The van der Waals surface area contributed by atoms with Crippen LogP contribution in [0.5, 0.6) is 0 Å². The van der Waals surface area contributed by atoms with E-state index in [1.54, 1.807) is 16.7 Å². The average molecular weight is 430 g/mol. The topological polar surface area (TPSA) is 56.6 Å². The number of nitrogens with zero attached hydrogens (tertiary/aromatic N) is 3. The Bertz CT molecular complexity index is 892. The molecule has 2 atom stereocenters. The molecule has 0 saturated carbocycles. The van der Waals surface area contributed by atoms with Crippen LogP contribution in [0.2, 0.25) is 0 Å². The van der Waals surface area contributed by atoms with Crippen molar-refractivity contribution in [1.82, 2.24) is 9.78 Å². The van der Waals surface area contributed by atoms with Crippen molar-refractivity contribution in [3.63, 3.8) is 0 Å². The largest absolute Gasteiger partial charge is 0.373 e. The van der Waals surface area contributed by atoms with Gasteiger partial charge in [0, 0.05) is 48.8 Å². The standard InChI is InChI=1S/C23H31N3O3S/c1-16(15-30-3)29-14-19-13-26(22-6-4-5-11-28-22)24-23(19)18-7-9-20-17(12-18)8-10-21(27)25(20)2/h7,9,12-13,16,22H,4-6,8,10-11,14-15H2,1-3H3. The summed E-state index contributed by atoms with van der Waals surface area (Å²) in [5, 5.41) is 4.94. The molecule has 1 fully saturated rings. The van der Waals surface area contributed by atoms with E-state index in [1.165, 1.54) is 5.56 Å². The lowest BCUT2D eigenvalue weighted by Crippen LogP contribution is -2.31. The Labute approximate surface area is 182 Å². The van der Waals surface area contributed by atoms with Crippen LogP contribution in [-0.2, 0) is 27.3 Å². The molecule has 0 N–H and O–H groups in total. The van der Waals surface area contributed by atoms with Gasteiger partial charge >= 0.3 is 0 Å². The second kappa shape index (κ2) is 9.54. The van der Waals surface area contributed by atoms with Crippen LogP contribution in [0.4, 0.5) is 5.69 Å². The van der Waals surface area contributed by atoms with Crippen molar-refractivity contribution in [3.8, 4) is 11.3 Å². The number of carbonyl (C=O) groups is 1. The normalized spacial score (nSPS) is 20.3. The minimum absolute atomic E-state index is 0.00347. The first-order valence-corrected chi connectivity index (χ1v) is 12.2. The van der Waals surface area contributed by atoms with Gasteiger partial charge < -0.3 is 14.4 Å². The summed E-state index contributed by atoms with van der Waals surface area (Å²) >= 11 is 1.79. The highest BCUT2D eigenvalue weighted by atomic mass is 32.2. The fourth-order valence-corrected chi connectivity index (χ4v) is 4.74. The molecule has 1 saturated heterocycles. The molecule has 7 heteroatoms. The number of aromatic nitrogens is 2. The van der Waals surface area contributed by atoms with Crippen LogP contribution in [0.3, 0.4) is 0 Å². The van der Waals surface area contributed by atoms with Crippen LogP contribution in [0.25, 0.3) is 11.3 Å². The zero-order chi connectivity index (χ0) is 21.1. The second-order valence-electron chi connectivity index (χ2n) is 8.18. The summed E-state index contributed by atoms with van der Waals surface area (Å²) in [6, 6.07) is 6.29. The van der Waals surface area contributed by atoms with Gasteiger partial charge in [0.1, 0.15) is 6.23 Å². The molecule has 30 heavy (non-hydrogen) atoms. The van der Waals surface area contributed by atoms with Gasteiger partial charge in [-0.1, -0.05) is 6.07 Å². The maximum Gasteiger partial charge on any atom is 0.227 e. The first-order chi connectivity index (χ1) is 14.6. The Morgan fingerprint density at radius 2 is 2.20 bits per heavy atom. The van der Waals surface area contributed by atoms with Crippen molar-refractivity contribution in [2.75, 3.05) is 30.6 Å². The predicted octanol–water partition coefficient (Wildman–Crippen LogP) is 4.43. The molecule has 1 amide bonds. The fraction of sp³-hybridized carbons (Fsp3) is 0.565. The summed E-state index contributed by atoms with van der Waals surface area (Å²) in [6.45, 7) is 3.42. The highest BCUT2D eigenvalue weighted by molar-refractivity contribution is 7.98. The monoisotopic (exact) mass is 429 g/mol. The molecule has 2 unspecified atom stereocenters. The second-order valence-corrected chi connectivity index (χ2v) is 9.09. The molecule has 2 aliphatic rings. The molecule has 162 valence electrons. The van der Waals surface area contributed by atoms with Crippen LogP contribution in [0.1, 0.15) is 50.0 Å². The predicted molar refractivity (Wildman–Crippen MR) is 121 cm³/mol. The minimum atomic E-state index is -0.00347. The molecule has 6 nitrogen and oxygen atoms in total. The number of hydrogen-bond donors (Lipinski definition) is 0. The summed E-state index contributed by atoms with van der Waals surface area (Å²) < 4.78 is 14.0. The molecule has 0 aliphatic carbocycles. The summed E-state index contributed by atoms with van der Waals surface area (Å²) in [7, 11) is 1.85. The average Bonchev–Trinajstić information content (AvgIpc) is 3.20. The first-order valence-electron chi connectivity index (χ1n) is 10.8. The zero-order valence-corrected chi connectivity index (χ0v) is 18.9. The van der Waals surface area contributed by atoms with E-state index in [9.17, 15) is 4.79 Å². The third-order valence-corrected chi connectivity index (χ3v) is 6.68. The summed E-state index contributed by atoms with van der Waals surface area (Å²) in [6.07, 6.45) is 8.96. The van der Waals surface area contributed by atoms with Gasteiger partial charge in [-0.25, -0.2) is 4.68 Å². The van der Waals surface area contributed by atoms with E-state index in [0.29, 0.717) is 13.0 Å². The molecule has 0 radical (unpaired) electrons. The summed E-state index contributed by atoms with van der Waals surface area (Å²) in [5.41, 5.74) is 5.29. The quantitative estimate of drug-likeness (QED) is 0.652. The summed E-state index contributed by atoms with van der Waals surface area (Å²) in [4.78, 5) is 13.8. The van der Waals surface area contributed by atoms with E-state index in [-0.39, 0.29) is 18.2 Å². The lowest BCUT2D eigenvalue weighted by molar-refractivity contribution is -0.118.